The van der Waals surface area contributed by atoms with Crippen LogP contribution in [-0.2, 0) is 4.74 Å². The van der Waals surface area contributed by atoms with Crippen LogP contribution in [0.15, 0.2) is 49.9 Å². The number of hydrogen-bond acceptors (Lipinski definition) is 1. The van der Waals surface area contributed by atoms with Crippen molar-refractivity contribution in [2.75, 3.05) is 0 Å². The second-order valence-corrected chi connectivity index (χ2v) is 2.63. The predicted octanol–water partition coefficient (Wildman–Crippen LogP) is 3.59. The highest BCUT2D eigenvalue weighted by atomic mass is 16.5. The first kappa shape index (κ1) is 11.5. The third kappa shape index (κ3) is 6.88. The summed E-state index contributed by atoms with van der Waals surface area (Å²) in [6, 6.07) is 8.45. The minimum atomic E-state index is 1.31. The zero-order chi connectivity index (χ0) is 10.1. The van der Waals surface area contributed by atoms with E-state index < -0.39 is 0 Å². The average molecular weight is 176 g/mol. The lowest BCUT2D eigenvalue weighted by Crippen LogP contribution is -1.71. The maximum Gasteiger partial charge on any atom is 0.0829 e. The minimum absolute atomic E-state index is 1.31. The largest absolute Gasteiger partial charge is 0.474 e. The normalized spacial score (nSPS) is 7.85. The van der Waals surface area contributed by atoms with Gasteiger partial charge in [0.1, 0.15) is 0 Å². The molecule has 1 heteroatoms. The van der Waals surface area contributed by atoms with Crippen LogP contribution in [0.25, 0.3) is 0 Å². The molecule has 0 amide bonds. The van der Waals surface area contributed by atoms with E-state index in [0.29, 0.717) is 0 Å². The van der Waals surface area contributed by atoms with Crippen molar-refractivity contribution in [3.63, 3.8) is 0 Å². The van der Waals surface area contributed by atoms with Gasteiger partial charge in [0, 0.05) is 0 Å². The SMILES string of the molecule is C=COC=C.Cc1cccc(C)c1. The topological polar surface area (TPSA) is 9.23 Å². The molecule has 1 rings (SSSR count). The Balaban J connectivity index is 0.000000252. The molecule has 0 bridgehead atoms. The lowest BCUT2D eigenvalue weighted by molar-refractivity contribution is 0.406. The van der Waals surface area contributed by atoms with E-state index in [9.17, 15) is 0 Å². The van der Waals surface area contributed by atoms with Gasteiger partial charge in [0.25, 0.3) is 0 Å². The molecule has 0 saturated heterocycles. The predicted molar refractivity (Wildman–Crippen MR) is 57.4 cm³/mol. The monoisotopic (exact) mass is 176 g/mol. The highest BCUT2D eigenvalue weighted by Gasteiger charge is 1.80. The van der Waals surface area contributed by atoms with E-state index in [-0.39, 0.29) is 0 Å². The number of benzene rings is 1. The first-order chi connectivity index (χ1) is 6.20. The summed E-state index contributed by atoms with van der Waals surface area (Å²) in [7, 11) is 0. The second kappa shape index (κ2) is 7.17. The van der Waals surface area contributed by atoms with Gasteiger partial charge in [-0.2, -0.15) is 0 Å². The third-order valence-electron chi connectivity index (χ3n) is 1.37. The third-order valence-corrected chi connectivity index (χ3v) is 1.37. The standard InChI is InChI=1S/C8H10.C4H6O/c1-7-4-3-5-8(2)6-7;1-3-5-4-2/h3-6H,1-2H3;3-4H,1-2H2. The van der Waals surface area contributed by atoms with Crippen molar-refractivity contribution in [2.45, 2.75) is 13.8 Å². The molecular formula is C12H16O. The summed E-state index contributed by atoms with van der Waals surface area (Å²) in [4.78, 5) is 0. The maximum absolute atomic E-state index is 4.36. The molecule has 0 atom stereocenters. The van der Waals surface area contributed by atoms with Crippen LogP contribution >= 0.6 is 0 Å². The van der Waals surface area contributed by atoms with Crippen LogP contribution < -0.4 is 0 Å². The number of ether oxygens (including phenoxy) is 1. The molecule has 0 N–H and O–H groups in total. The van der Waals surface area contributed by atoms with E-state index in [4.69, 9.17) is 0 Å². The molecule has 1 aromatic carbocycles. The molecule has 0 aliphatic rings. The van der Waals surface area contributed by atoms with Crippen molar-refractivity contribution in [2.24, 2.45) is 0 Å². The van der Waals surface area contributed by atoms with Crippen LogP contribution in [0.3, 0.4) is 0 Å². The van der Waals surface area contributed by atoms with Crippen LogP contribution in [0, 0.1) is 13.8 Å². The summed E-state index contributed by atoms with van der Waals surface area (Å²) in [6.45, 7) is 10.7. The van der Waals surface area contributed by atoms with Crippen molar-refractivity contribution in [3.05, 3.63) is 61.1 Å². The second-order valence-electron chi connectivity index (χ2n) is 2.63. The van der Waals surface area contributed by atoms with Crippen LogP contribution in [0.2, 0.25) is 0 Å². The van der Waals surface area contributed by atoms with Gasteiger partial charge in [-0.1, -0.05) is 48.6 Å². The molecule has 0 aromatic heterocycles. The lowest BCUT2D eigenvalue weighted by atomic mass is 10.2. The minimum Gasteiger partial charge on any atom is -0.474 e. The molecule has 0 aliphatic carbocycles. The zero-order valence-electron chi connectivity index (χ0n) is 8.29. The molecular weight excluding hydrogens is 160 g/mol. The Bertz CT molecular complexity index is 240. The molecule has 70 valence electrons. The van der Waals surface area contributed by atoms with E-state index in [2.05, 4.69) is 56.0 Å². The Morgan fingerprint density at radius 3 is 1.69 bits per heavy atom. The van der Waals surface area contributed by atoms with Crippen LogP contribution in [-0.4, -0.2) is 0 Å². The van der Waals surface area contributed by atoms with Crippen molar-refractivity contribution in [1.82, 2.24) is 0 Å². The smallest absolute Gasteiger partial charge is 0.0829 e. The number of rotatable bonds is 2. The average Bonchev–Trinajstić information content (AvgIpc) is 2.06. The van der Waals surface area contributed by atoms with Gasteiger partial charge in [0.15, 0.2) is 0 Å². The molecule has 1 nitrogen and oxygen atoms in total. The molecule has 0 aliphatic heterocycles. The number of hydrogen-bond donors (Lipinski definition) is 0. The Labute approximate surface area is 80.4 Å². The fourth-order valence-electron chi connectivity index (χ4n) is 0.875. The van der Waals surface area contributed by atoms with Gasteiger partial charge in [-0.25, -0.2) is 0 Å². The first-order valence-corrected chi connectivity index (χ1v) is 4.11. The van der Waals surface area contributed by atoms with E-state index in [1.165, 1.54) is 23.7 Å². The quantitative estimate of drug-likeness (QED) is 0.626. The van der Waals surface area contributed by atoms with Gasteiger partial charge in [0.2, 0.25) is 0 Å². The summed E-state index contributed by atoms with van der Waals surface area (Å²) in [6.07, 6.45) is 2.62. The van der Waals surface area contributed by atoms with E-state index in [0.717, 1.165) is 0 Å². The van der Waals surface area contributed by atoms with Crippen LogP contribution in [0.1, 0.15) is 11.1 Å². The van der Waals surface area contributed by atoms with Crippen LogP contribution in [0.4, 0.5) is 0 Å². The molecule has 0 saturated carbocycles. The molecule has 0 spiro atoms. The molecule has 1 aromatic rings. The summed E-state index contributed by atoms with van der Waals surface area (Å²) >= 11 is 0. The van der Waals surface area contributed by atoms with Crippen molar-refractivity contribution >= 4 is 0 Å². The van der Waals surface area contributed by atoms with Gasteiger partial charge >= 0.3 is 0 Å². The summed E-state index contributed by atoms with van der Waals surface area (Å²) in [5, 5.41) is 0. The van der Waals surface area contributed by atoms with Gasteiger partial charge in [-0.3, -0.25) is 0 Å². The molecule has 0 heterocycles. The summed E-state index contributed by atoms with van der Waals surface area (Å²) < 4.78 is 4.36. The Morgan fingerprint density at radius 1 is 1.08 bits per heavy atom. The highest BCUT2D eigenvalue weighted by molar-refractivity contribution is 5.20. The molecule has 0 fully saturated rings. The molecule has 13 heavy (non-hydrogen) atoms. The van der Waals surface area contributed by atoms with Gasteiger partial charge < -0.3 is 4.74 Å². The van der Waals surface area contributed by atoms with E-state index in [1.54, 1.807) is 0 Å². The fourth-order valence-corrected chi connectivity index (χ4v) is 0.875. The van der Waals surface area contributed by atoms with Crippen LogP contribution in [0.5, 0.6) is 0 Å². The van der Waals surface area contributed by atoms with Gasteiger partial charge in [-0.15, -0.1) is 0 Å². The molecule has 0 unspecified atom stereocenters. The lowest BCUT2D eigenvalue weighted by Gasteiger charge is -1.90. The summed E-state index contributed by atoms with van der Waals surface area (Å²) in [5.74, 6) is 0. The van der Waals surface area contributed by atoms with Gasteiger partial charge in [-0.05, 0) is 13.8 Å². The Hall–Kier alpha value is -1.50. The molecule has 0 radical (unpaired) electrons. The van der Waals surface area contributed by atoms with E-state index >= 15 is 0 Å². The van der Waals surface area contributed by atoms with E-state index in [1.807, 2.05) is 0 Å². The fraction of sp³-hybridized carbons (Fsp3) is 0.167. The maximum atomic E-state index is 4.36. The highest BCUT2D eigenvalue weighted by Crippen LogP contribution is 2.00. The van der Waals surface area contributed by atoms with Crippen molar-refractivity contribution < 1.29 is 4.74 Å². The Morgan fingerprint density at radius 2 is 1.54 bits per heavy atom. The van der Waals surface area contributed by atoms with Gasteiger partial charge in [0.05, 0.1) is 12.5 Å². The first-order valence-electron chi connectivity index (χ1n) is 4.11. The van der Waals surface area contributed by atoms with Crippen molar-refractivity contribution in [3.8, 4) is 0 Å². The zero-order valence-corrected chi connectivity index (χ0v) is 8.29. The summed E-state index contributed by atoms with van der Waals surface area (Å²) in [5.41, 5.74) is 2.68. The Kier molecular flexibility index (Phi) is 6.34. The number of aryl methyl sites for hydroxylation is 2. The van der Waals surface area contributed by atoms with Crippen molar-refractivity contribution in [1.29, 1.82) is 0 Å².